The molecule has 5 heteroatoms. The predicted octanol–water partition coefficient (Wildman–Crippen LogP) is 3.61. The molecule has 1 unspecified atom stereocenters. The van der Waals surface area contributed by atoms with E-state index in [0.29, 0.717) is 22.3 Å². The minimum Gasteiger partial charge on any atom is -0.497 e. The first-order valence-corrected chi connectivity index (χ1v) is 8.66. The summed E-state index contributed by atoms with van der Waals surface area (Å²) < 4.78 is 10.4. The number of carbonyl (C=O) groups is 1. The maximum Gasteiger partial charge on any atom is 0.337 e. The van der Waals surface area contributed by atoms with E-state index in [1.807, 2.05) is 12.1 Å². The second-order valence-electron chi connectivity index (χ2n) is 6.46. The Balaban J connectivity index is 1.70. The maximum absolute atomic E-state index is 12.9. The summed E-state index contributed by atoms with van der Waals surface area (Å²) in [5.74, 6) is 0.300. The predicted molar refractivity (Wildman–Crippen MR) is 98.6 cm³/mol. The van der Waals surface area contributed by atoms with Gasteiger partial charge in [0.1, 0.15) is 11.3 Å². The third-order valence-corrected chi connectivity index (χ3v) is 4.87. The van der Waals surface area contributed by atoms with Gasteiger partial charge >= 0.3 is 5.63 Å². The number of benzene rings is 2. The van der Waals surface area contributed by atoms with E-state index in [9.17, 15) is 9.59 Å². The van der Waals surface area contributed by atoms with Crippen molar-refractivity contribution in [1.82, 2.24) is 5.32 Å². The number of nitrogens with one attached hydrogen (secondary N) is 1. The van der Waals surface area contributed by atoms with E-state index in [1.54, 1.807) is 18.2 Å². The van der Waals surface area contributed by atoms with Gasteiger partial charge < -0.3 is 14.5 Å². The van der Waals surface area contributed by atoms with Crippen molar-refractivity contribution in [2.45, 2.75) is 25.3 Å². The van der Waals surface area contributed by atoms with Crippen LogP contribution in [0.4, 0.5) is 0 Å². The van der Waals surface area contributed by atoms with Crippen LogP contribution in [0, 0.1) is 0 Å². The highest BCUT2D eigenvalue weighted by Crippen LogP contribution is 2.30. The van der Waals surface area contributed by atoms with Crippen molar-refractivity contribution in [3.63, 3.8) is 0 Å². The van der Waals surface area contributed by atoms with E-state index in [1.165, 1.54) is 18.7 Å². The Bertz CT molecular complexity index is 1040. The highest BCUT2D eigenvalue weighted by molar-refractivity contribution is 6.05. The SMILES string of the molecule is COc1ccc2c(C(=O)NC3CCCc4ccccc43)cc(=O)oc2c1. The van der Waals surface area contributed by atoms with Crippen LogP contribution in [-0.2, 0) is 6.42 Å². The van der Waals surface area contributed by atoms with E-state index in [-0.39, 0.29) is 11.9 Å². The molecule has 0 saturated heterocycles. The van der Waals surface area contributed by atoms with Crippen molar-refractivity contribution < 1.29 is 13.9 Å². The molecule has 0 aliphatic heterocycles. The van der Waals surface area contributed by atoms with E-state index >= 15 is 0 Å². The molecule has 1 aliphatic carbocycles. The largest absolute Gasteiger partial charge is 0.497 e. The summed E-state index contributed by atoms with van der Waals surface area (Å²) in [6.45, 7) is 0. The minimum atomic E-state index is -0.556. The lowest BCUT2D eigenvalue weighted by Crippen LogP contribution is -2.31. The Morgan fingerprint density at radius 3 is 2.88 bits per heavy atom. The molecule has 3 aromatic rings. The van der Waals surface area contributed by atoms with E-state index in [0.717, 1.165) is 24.8 Å². The first kappa shape index (κ1) is 16.4. The normalized spacial score (nSPS) is 16.1. The molecule has 0 bridgehead atoms. The number of ether oxygens (including phenoxy) is 1. The molecule has 2 aromatic carbocycles. The third-order valence-electron chi connectivity index (χ3n) is 4.87. The van der Waals surface area contributed by atoms with Crippen molar-refractivity contribution in [2.75, 3.05) is 7.11 Å². The molecule has 5 nitrogen and oxygen atoms in total. The summed E-state index contributed by atoms with van der Waals surface area (Å²) in [7, 11) is 1.54. The van der Waals surface area contributed by atoms with Crippen molar-refractivity contribution in [2.24, 2.45) is 0 Å². The third kappa shape index (κ3) is 2.96. The van der Waals surface area contributed by atoms with Gasteiger partial charge in [0.25, 0.3) is 5.91 Å². The Kier molecular flexibility index (Phi) is 4.21. The average molecular weight is 349 g/mol. The smallest absolute Gasteiger partial charge is 0.337 e. The number of fused-ring (bicyclic) bond motifs is 2. The molecule has 0 radical (unpaired) electrons. The van der Waals surface area contributed by atoms with Gasteiger partial charge in [-0.3, -0.25) is 4.79 Å². The van der Waals surface area contributed by atoms with Crippen LogP contribution in [0.1, 0.15) is 40.4 Å². The first-order valence-electron chi connectivity index (χ1n) is 8.66. The topological polar surface area (TPSA) is 68.5 Å². The fourth-order valence-electron chi connectivity index (χ4n) is 3.60. The number of carbonyl (C=O) groups excluding carboxylic acids is 1. The summed E-state index contributed by atoms with van der Waals surface area (Å²) in [5, 5.41) is 3.68. The van der Waals surface area contributed by atoms with Crippen LogP contribution < -0.4 is 15.7 Å². The molecule has 132 valence electrons. The van der Waals surface area contributed by atoms with Crippen molar-refractivity contribution in [3.05, 3.63) is 75.6 Å². The highest BCUT2D eigenvalue weighted by atomic mass is 16.5. The molecule has 1 aliphatic rings. The fraction of sp³-hybridized carbons (Fsp3) is 0.238. The molecular weight excluding hydrogens is 330 g/mol. The standard InChI is InChI=1S/C21H19NO4/c1-25-14-9-10-16-17(12-20(23)26-19(16)11-14)21(24)22-18-8-4-6-13-5-2-3-7-15(13)18/h2-3,5,7,9-12,18H,4,6,8H2,1H3,(H,22,24). The highest BCUT2D eigenvalue weighted by Gasteiger charge is 2.23. The van der Waals surface area contributed by atoms with Gasteiger partial charge in [0.15, 0.2) is 0 Å². The van der Waals surface area contributed by atoms with Gasteiger partial charge in [-0.1, -0.05) is 24.3 Å². The van der Waals surface area contributed by atoms with Crippen LogP contribution in [0.25, 0.3) is 11.0 Å². The van der Waals surface area contributed by atoms with E-state index in [2.05, 4.69) is 17.4 Å². The van der Waals surface area contributed by atoms with Crippen molar-refractivity contribution in [3.8, 4) is 5.75 Å². The second kappa shape index (κ2) is 6.67. The monoisotopic (exact) mass is 349 g/mol. The summed E-state index contributed by atoms with van der Waals surface area (Å²) in [6.07, 6.45) is 2.94. The van der Waals surface area contributed by atoms with Crippen LogP contribution in [0.3, 0.4) is 0 Å². The van der Waals surface area contributed by atoms with E-state index < -0.39 is 5.63 Å². The van der Waals surface area contributed by atoms with Crippen LogP contribution in [0.5, 0.6) is 5.75 Å². The zero-order valence-corrected chi connectivity index (χ0v) is 14.5. The minimum absolute atomic E-state index is 0.0482. The zero-order valence-electron chi connectivity index (χ0n) is 14.5. The van der Waals surface area contributed by atoms with Crippen LogP contribution in [-0.4, -0.2) is 13.0 Å². The second-order valence-corrected chi connectivity index (χ2v) is 6.46. The van der Waals surface area contributed by atoms with Gasteiger partial charge in [-0.15, -0.1) is 0 Å². The van der Waals surface area contributed by atoms with Gasteiger partial charge in [-0.25, -0.2) is 4.79 Å². The van der Waals surface area contributed by atoms with E-state index in [4.69, 9.17) is 9.15 Å². The van der Waals surface area contributed by atoms with Crippen molar-refractivity contribution in [1.29, 1.82) is 0 Å². The molecular formula is C21H19NO4. The van der Waals surface area contributed by atoms with Gasteiger partial charge in [-0.2, -0.15) is 0 Å². The molecule has 0 spiro atoms. The fourth-order valence-corrected chi connectivity index (χ4v) is 3.60. The molecule has 1 atom stereocenters. The van der Waals surface area contributed by atoms with Crippen LogP contribution in [0.15, 0.2) is 57.7 Å². The number of amides is 1. The van der Waals surface area contributed by atoms with Gasteiger partial charge in [0, 0.05) is 17.5 Å². The molecule has 1 N–H and O–H groups in total. The Morgan fingerprint density at radius 2 is 2.04 bits per heavy atom. The number of rotatable bonds is 3. The molecule has 4 rings (SSSR count). The van der Waals surface area contributed by atoms with Gasteiger partial charge in [0.2, 0.25) is 0 Å². The van der Waals surface area contributed by atoms with Gasteiger partial charge in [0.05, 0.1) is 18.7 Å². The number of aryl methyl sites for hydroxylation is 1. The lowest BCUT2D eigenvalue weighted by molar-refractivity contribution is 0.0934. The molecule has 1 heterocycles. The number of methoxy groups -OCH3 is 1. The maximum atomic E-state index is 12.9. The Hall–Kier alpha value is -3.08. The summed E-state index contributed by atoms with van der Waals surface area (Å²) >= 11 is 0. The zero-order chi connectivity index (χ0) is 18.1. The Morgan fingerprint density at radius 1 is 1.19 bits per heavy atom. The molecule has 1 amide bonds. The first-order chi connectivity index (χ1) is 12.7. The summed E-state index contributed by atoms with van der Waals surface area (Å²) in [4.78, 5) is 24.8. The lowest BCUT2D eigenvalue weighted by Gasteiger charge is -2.26. The van der Waals surface area contributed by atoms with Crippen LogP contribution >= 0.6 is 0 Å². The summed E-state index contributed by atoms with van der Waals surface area (Å²) in [5.41, 5.74) is 2.53. The quantitative estimate of drug-likeness (QED) is 0.734. The number of hydrogen-bond acceptors (Lipinski definition) is 4. The molecule has 0 saturated carbocycles. The van der Waals surface area contributed by atoms with Gasteiger partial charge in [-0.05, 0) is 42.5 Å². The average Bonchev–Trinajstić information content (AvgIpc) is 2.67. The molecule has 0 fully saturated rings. The van der Waals surface area contributed by atoms with Crippen LogP contribution in [0.2, 0.25) is 0 Å². The number of hydrogen-bond donors (Lipinski definition) is 1. The summed E-state index contributed by atoms with van der Waals surface area (Å²) in [6, 6.07) is 14.5. The molecule has 26 heavy (non-hydrogen) atoms. The Labute approximate surface area is 150 Å². The molecule has 1 aromatic heterocycles. The lowest BCUT2D eigenvalue weighted by atomic mass is 9.87. The van der Waals surface area contributed by atoms with Crippen molar-refractivity contribution >= 4 is 16.9 Å².